The van der Waals surface area contributed by atoms with E-state index < -0.39 is 33.9 Å². The van der Waals surface area contributed by atoms with E-state index in [9.17, 15) is 22.8 Å². The van der Waals surface area contributed by atoms with Crippen molar-refractivity contribution >= 4 is 32.5 Å². The number of ether oxygens (including phenoxy) is 1. The van der Waals surface area contributed by atoms with Gasteiger partial charge in [0.05, 0.1) is 16.9 Å². The first-order valence-electron chi connectivity index (χ1n) is 8.36. The van der Waals surface area contributed by atoms with Crippen molar-refractivity contribution in [1.82, 2.24) is 15.1 Å². The number of hydrogen-bond acceptors (Lipinski definition) is 7. The topological polar surface area (TPSA) is 124 Å². The number of nitrogens with one attached hydrogen (secondary N) is 1. The maximum Gasteiger partial charge on any atom is 0.360 e. The monoisotopic (exact) mass is 393 g/mol. The standard InChI is InChI=1S/C17H19N3O6S/c1-10(15(21)18-11-7-8-27(24,25)9-11)26-17(23)14-12-5-3-4-6-13(12)16(22)20(2)19-14/h3-6,10-11H,7-9H2,1-2H3,(H,18,21)/t10-,11-/m0/s1. The molecule has 0 aliphatic carbocycles. The first-order chi connectivity index (χ1) is 12.7. The van der Waals surface area contributed by atoms with Crippen molar-refractivity contribution in [3.8, 4) is 0 Å². The van der Waals surface area contributed by atoms with Gasteiger partial charge in [0.1, 0.15) is 0 Å². The van der Waals surface area contributed by atoms with Crippen molar-refractivity contribution in [1.29, 1.82) is 0 Å². The number of amides is 1. The molecule has 1 saturated heterocycles. The molecule has 0 spiro atoms. The second-order valence-electron chi connectivity index (χ2n) is 6.48. The van der Waals surface area contributed by atoms with Crippen molar-refractivity contribution in [2.45, 2.75) is 25.5 Å². The number of benzene rings is 1. The fraction of sp³-hybridized carbons (Fsp3) is 0.412. The van der Waals surface area contributed by atoms with Gasteiger partial charge in [-0.3, -0.25) is 9.59 Å². The second-order valence-corrected chi connectivity index (χ2v) is 8.71. The number of nitrogens with zero attached hydrogens (tertiary/aromatic N) is 2. The van der Waals surface area contributed by atoms with Gasteiger partial charge in [0, 0.05) is 18.5 Å². The van der Waals surface area contributed by atoms with Gasteiger partial charge in [0.2, 0.25) is 0 Å². The Morgan fingerprint density at radius 2 is 1.96 bits per heavy atom. The maximum atomic E-state index is 12.5. The highest BCUT2D eigenvalue weighted by atomic mass is 32.2. The van der Waals surface area contributed by atoms with Crippen molar-refractivity contribution in [2.75, 3.05) is 11.5 Å². The summed E-state index contributed by atoms with van der Waals surface area (Å²) in [6.45, 7) is 1.39. The van der Waals surface area contributed by atoms with Crippen LogP contribution >= 0.6 is 0 Å². The Morgan fingerprint density at radius 1 is 1.30 bits per heavy atom. The number of carbonyl (C=O) groups is 2. The van der Waals surface area contributed by atoms with Crippen molar-refractivity contribution < 1.29 is 22.7 Å². The van der Waals surface area contributed by atoms with E-state index in [1.165, 1.54) is 14.0 Å². The van der Waals surface area contributed by atoms with Crippen LogP contribution < -0.4 is 10.9 Å². The van der Waals surface area contributed by atoms with Gasteiger partial charge in [-0.1, -0.05) is 18.2 Å². The molecular formula is C17H19N3O6S. The molecule has 0 saturated carbocycles. The molecule has 1 aromatic heterocycles. The van der Waals surface area contributed by atoms with E-state index in [2.05, 4.69) is 10.4 Å². The van der Waals surface area contributed by atoms with Gasteiger partial charge in [-0.2, -0.15) is 5.10 Å². The molecule has 2 heterocycles. The molecule has 1 fully saturated rings. The van der Waals surface area contributed by atoms with Crippen LogP contribution in [0.3, 0.4) is 0 Å². The molecule has 27 heavy (non-hydrogen) atoms. The minimum Gasteiger partial charge on any atom is -0.448 e. The Hall–Kier alpha value is -2.75. The van der Waals surface area contributed by atoms with Crippen LogP contribution in [0.5, 0.6) is 0 Å². The van der Waals surface area contributed by atoms with Gasteiger partial charge >= 0.3 is 5.97 Å². The molecular weight excluding hydrogens is 374 g/mol. The largest absolute Gasteiger partial charge is 0.448 e. The van der Waals surface area contributed by atoms with E-state index in [0.29, 0.717) is 17.2 Å². The minimum absolute atomic E-state index is 0.0278. The molecule has 0 unspecified atom stereocenters. The minimum atomic E-state index is -3.13. The zero-order chi connectivity index (χ0) is 19.8. The first kappa shape index (κ1) is 19.0. The van der Waals surface area contributed by atoms with E-state index >= 15 is 0 Å². The Morgan fingerprint density at radius 3 is 2.59 bits per heavy atom. The third kappa shape index (κ3) is 4.00. The van der Waals surface area contributed by atoms with Gasteiger partial charge < -0.3 is 10.1 Å². The number of rotatable bonds is 4. The summed E-state index contributed by atoms with van der Waals surface area (Å²) in [5.41, 5.74) is -0.425. The Bertz CT molecular complexity index is 1080. The maximum absolute atomic E-state index is 12.5. The summed E-state index contributed by atoms with van der Waals surface area (Å²) in [6, 6.07) is 6.00. The number of carbonyl (C=O) groups excluding carboxylic acids is 2. The molecule has 1 aliphatic rings. The fourth-order valence-corrected chi connectivity index (χ4v) is 4.62. The number of esters is 1. The van der Waals surface area contributed by atoms with E-state index in [1.54, 1.807) is 24.3 Å². The summed E-state index contributed by atoms with van der Waals surface area (Å²) in [5, 5.41) is 7.18. The fourth-order valence-electron chi connectivity index (χ4n) is 2.95. The number of hydrogen-bond donors (Lipinski definition) is 1. The number of aryl methyl sites for hydroxylation is 1. The second kappa shape index (κ2) is 7.10. The third-order valence-electron chi connectivity index (χ3n) is 4.38. The van der Waals surface area contributed by atoms with Gasteiger partial charge in [-0.25, -0.2) is 17.9 Å². The number of fused-ring (bicyclic) bond motifs is 1. The Kier molecular flexibility index (Phi) is 5.01. The molecule has 1 aliphatic heterocycles. The first-order valence-corrected chi connectivity index (χ1v) is 10.2. The van der Waals surface area contributed by atoms with Crippen molar-refractivity contribution in [3.05, 3.63) is 40.3 Å². The molecule has 10 heteroatoms. The predicted octanol–water partition coefficient (Wildman–Crippen LogP) is -0.218. The SMILES string of the molecule is C[C@H](OC(=O)c1nn(C)c(=O)c2ccccc12)C(=O)N[C@H]1CCS(=O)(=O)C1. The lowest BCUT2D eigenvalue weighted by atomic mass is 10.1. The van der Waals surface area contributed by atoms with Crippen LogP contribution in [0, 0.1) is 0 Å². The highest BCUT2D eigenvalue weighted by Gasteiger charge is 2.31. The van der Waals surface area contributed by atoms with Gasteiger partial charge in [-0.05, 0) is 19.4 Å². The smallest absolute Gasteiger partial charge is 0.360 e. The highest BCUT2D eigenvalue weighted by molar-refractivity contribution is 7.91. The lowest BCUT2D eigenvalue weighted by molar-refractivity contribution is -0.129. The third-order valence-corrected chi connectivity index (χ3v) is 6.15. The van der Waals surface area contributed by atoms with E-state index in [4.69, 9.17) is 4.74 Å². The van der Waals surface area contributed by atoms with Crippen molar-refractivity contribution in [2.24, 2.45) is 7.05 Å². The summed E-state index contributed by atoms with van der Waals surface area (Å²) >= 11 is 0. The van der Waals surface area contributed by atoms with E-state index in [1.807, 2.05) is 0 Å². The lowest BCUT2D eigenvalue weighted by Gasteiger charge is -2.17. The zero-order valence-electron chi connectivity index (χ0n) is 14.8. The average Bonchev–Trinajstić information content (AvgIpc) is 2.96. The summed E-state index contributed by atoms with van der Waals surface area (Å²) < 4.78 is 29.2. The number of aromatic nitrogens is 2. The summed E-state index contributed by atoms with van der Waals surface area (Å²) in [6.07, 6.45) is -0.805. The van der Waals surface area contributed by atoms with Gasteiger partial charge in [-0.15, -0.1) is 0 Å². The van der Waals surface area contributed by atoms with E-state index in [0.717, 1.165) is 4.68 Å². The van der Waals surface area contributed by atoms with Crippen LogP contribution in [-0.4, -0.2) is 53.7 Å². The van der Waals surface area contributed by atoms with Crippen LogP contribution in [0.4, 0.5) is 0 Å². The molecule has 2 aromatic rings. The van der Waals surface area contributed by atoms with Crippen LogP contribution in [0.1, 0.15) is 23.8 Å². The Labute approximate surface area is 155 Å². The van der Waals surface area contributed by atoms with Crippen molar-refractivity contribution in [3.63, 3.8) is 0 Å². The summed E-state index contributed by atoms with van der Waals surface area (Å²) in [7, 11) is -1.71. The van der Waals surface area contributed by atoms with Gasteiger partial charge in [0.25, 0.3) is 11.5 Å². The summed E-state index contributed by atoms with van der Waals surface area (Å²) in [5.74, 6) is -1.52. The quantitative estimate of drug-likeness (QED) is 0.712. The van der Waals surface area contributed by atoms with Crippen LogP contribution in [0.2, 0.25) is 0 Å². The highest BCUT2D eigenvalue weighted by Crippen LogP contribution is 2.15. The average molecular weight is 393 g/mol. The molecule has 1 aromatic carbocycles. The Balaban J connectivity index is 1.75. The molecule has 3 rings (SSSR count). The molecule has 1 N–H and O–H groups in total. The molecule has 0 bridgehead atoms. The lowest BCUT2D eigenvalue weighted by Crippen LogP contribution is -2.42. The van der Waals surface area contributed by atoms with Crippen LogP contribution in [0.15, 0.2) is 29.1 Å². The molecule has 1 amide bonds. The summed E-state index contributed by atoms with van der Waals surface area (Å²) in [4.78, 5) is 36.8. The van der Waals surface area contributed by atoms with Crippen LogP contribution in [0.25, 0.3) is 10.8 Å². The number of sulfone groups is 1. The zero-order valence-corrected chi connectivity index (χ0v) is 15.7. The molecule has 144 valence electrons. The predicted molar refractivity (Wildman–Crippen MR) is 97.1 cm³/mol. The normalized spacial score (nSPS) is 19.6. The van der Waals surface area contributed by atoms with Gasteiger partial charge in [0.15, 0.2) is 21.6 Å². The molecule has 2 atom stereocenters. The molecule has 0 radical (unpaired) electrons. The van der Waals surface area contributed by atoms with Crippen LogP contribution in [-0.2, 0) is 26.4 Å². The molecule has 9 nitrogen and oxygen atoms in total. The van der Waals surface area contributed by atoms with E-state index in [-0.39, 0.29) is 22.8 Å².